The molecule has 19 heavy (non-hydrogen) atoms. The van der Waals surface area contributed by atoms with Crippen molar-refractivity contribution in [1.29, 1.82) is 0 Å². The third-order valence-corrected chi connectivity index (χ3v) is 4.42. The van der Waals surface area contributed by atoms with Crippen molar-refractivity contribution in [2.75, 3.05) is 17.2 Å². The number of hydrogen-bond acceptors (Lipinski definition) is 4. The lowest BCUT2D eigenvalue weighted by molar-refractivity contribution is -0.117. The Bertz CT molecular complexity index is 553. The van der Waals surface area contributed by atoms with Gasteiger partial charge in [-0.1, -0.05) is 11.8 Å². The molecule has 1 unspecified atom stereocenters. The standard InChI is InChI=1S/C12H12BrFN2O2S/c1-6(17)19-8-4-11(18)16(5-8)10-3-7(14)2-9(13)12(10)15/h2-3,8H,4-5,15H2,1H3. The first-order valence-electron chi connectivity index (χ1n) is 5.60. The zero-order chi connectivity index (χ0) is 14.2. The second-order valence-electron chi connectivity index (χ2n) is 4.26. The Hall–Kier alpha value is -1.08. The van der Waals surface area contributed by atoms with E-state index in [2.05, 4.69) is 15.9 Å². The van der Waals surface area contributed by atoms with Crippen LogP contribution >= 0.6 is 27.7 Å². The molecule has 1 amide bonds. The summed E-state index contributed by atoms with van der Waals surface area (Å²) in [5, 5.41) is -0.139. The highest BCUT2D eigenvalue weighted by Gasteiger charge is 2.33. The number of carbonyl (C=O) groups is 2. The molecule has 0 aromatic heterocycles. The minimum atomic E-state index is -0.466. The van der Waals surface area contributed by atoms with Crippen LogP contribution < -0.4 is 10.6 Å². The molecule has 2 N–H and O–H groups in total. The number of anilines is 2. The summed E-state index contributed by atoms with van der Waals surface area (Å²) >= 11 is 4.29. The second-order valence-corrected chi connectivity index (χ2v) is 6.59. The molecule has 1 aromatic carbocycles. The van der Waals surface area contributed by atoms with Gasteiger partial charge >= 0.3 is 0 Å². The van der Waals surface area contributed by atoms with E-state index >= 15 is 0 Å². The molecule has 2 rings (SSSR count). The molecule has 1 heterocycles. The van der Waals surface area contributed by atoms with Crippen LogP contribution in [0.3, 0.4) is 0 Å². The summed E-state index contributed by atoms with van der Waals surface area (Å²) in [6, 6.07) is 2.49. The smallest absolute Gasteiger partial charge is 0.228 e. The molecular weight excluding hydrogens is 335 g/mol. The molecule has 1 saturated heterocycles. The number of thioether (sulfide) groups is 1. The van der Waals surface area contributed by atoms with Crippen molar-refractivity contribution in [3.05, 3.63) is 22.4 Å². The van der Waals surface area contributed by atoms with Crippen LogP contribution in [0.15, 0.2) is 16.6 Å². The predicted octanol–water partition coefficient (Wildman–Crippen LogP) is 2.56. The van der Waals surface area contributed by atoms with Crippen molar-refractivity contribution in [3.63, 3.8) is 0 Å². The fourth-order valence-electron chi connectivity index (χ4n) is 2.02. The fraction of sp³-hybridized carbons (Fsp3) is 0.333. The minimum Gasteiger partial charge on any atom is -0.396 e. The highest BCUT2D eigenvalue weighted by molar-refractivity contribution is 9.10. The van der Waals surface area contributed by atoms with Gasteiger partial charge in [-0.05, 0) is 28.1 Å². The Labute approximate surface area is 122 Å². The van der Waals surface area contributed by atoms with Crippen molar-refractivity contribution >= 4 is 50.1 Å². The molecule has 1 aliphatic heterocycles. The van der Waals surface area contributed by atoms with E-state index in [0.29, 0.717) is 22.4 Å². The summed E-state index contributed by atoms with van der Waals surface area (Å²) < 4.78 is 13.8. The van der Waals surface area contributed by atoms with E-state index in [-0.39, 0.29) is 22.7 Å². The molecule has 0 radical (unpaired) electrons. The van der Waals surface area contributed by atoms with Crippen LogP contribution in [0.2, 0.25) is 0 Å². The highest BCUT2D eigenvalue weighted by Crippen LogP contribution is 2.36. The molecule has 1 fully saturated rings. The van der Waals surface area contributed by atoms with Gasteiger partial charge in [0, 0.05) is 29.6 Å². The van der Waals surface area contributed by atoms with Gasteiger partial charge in [0.25, 0.3) is 0 Å². The van der Waals surface area contributed by atoms with Crippen molar-refractivity contribution in [1.82, 2.24) is 0 Å². The van der Waals surface area contributed by atoms with Crippen LogP contribution in [0.1, 0.15) is 13.3 Å². The molecule has 0 spiro atoms. The Morgan fingerprint density at radius 3 is 2.89 bits per heavy atom. The normalized spacial score (nSPS) is 19.0. The number of rotatable bonds is 2. The van der Waals surface area contributed by atoms with E-state index in [1.54, 1.807) is 0 Å². The zero-order valence-electron chi connectivity index (χ0n) is 10.2. The summed E-state index contributed by atoms with van der Waals surface area (Å²) in [5.74, 6) is -0.616. The third-order valence-electron chi connectivity index (χ3n) is 2.79. The van der Waals surface area contributed by atoms with Crippen LogP contribution in [-0.2, 0) is 9.59 Å². The van der Waals surface area contributed by atoms with Gasteiger partial charge in [-0.25, -0.2) is 4.39 Å². The summed E-state index contributed by atoms with van der Waals surface area (Å²) in [4.78, 5) is 24.4. The van der Waals surface area contributed by atoms with Gasteiger partial charge in [-0.15, -0.1) is 0 Å². The predicted molar refractivity (Wildman–Crippen MR) is 77.5 cm³/mol. The third kappa shape index (κ3) is 3.09. The fourth-order valence-corrected chi connectivity index (χ4v) is 3.36. The van der Waals surface area contributed by atoms with E-state index in [1.165, 1.54) is 24.0 Å². The molecule has 0 bridgehead atoms. The Balaban J connectivity index is 2.28. The lowest BCUT2D eigenvalue weighted by Crippen LogP contribution is -2.26. The number of nitrogens with zero attached hydrogens (tertiary/aromatic N) is 1. The molecule has 4 nitrogen and oxygen atoms in total. The van der Waals surface area contributed by atoms with Crippen LogP contribution in [0.4, 0.5) is 15.8 Å². The van der Waals surface area contributed by atoms with E-state index in [4.69, 9.17) is 5.73 Å². The minimum absolute atomic E-state index is 0.0342. The van der Waals surface area contributed by atoms with Crippen LogP contribution in [0.25, 0.3) is 0 Å². The molecule has 1 aliphatic rings. The maximum atomic E-state index is 13.4. The van der Waals surface area contributed by atoms with Gasteiger partial charge in [-0.3, -0.25) is 9.59 Å². The number of nitrogens with two attached hydrogens (primary N) is 1. The van der Waals surface area contributed by atoms with Gasteiger partial charge in [0.1, 0.15) is 5.82 Å². The summed E-state index contributed by atoms with van der Waals surface area (Å²) in [7, 11) is 0. The average Bonchev–Trinajstić information content (AvgIpc) is 2.63. The Morgan fingerprint density at radius 2 is 2.26 bits per heavy atom. The van der Waals surface area contributed by atoms with Gasteiger partial charge < -0.3 is 10.6 Å². The maximum Gasteiger partial charge on any atom is 0.228 e. The molecule has 7 heteroatoms. The Morgan fingerprint density at radius 1 is 1.58 bits per heavy atom. The van der Waals surface area contributed by atoms with Crippen molar-refractivity contribution in [2.24, 2.45) is 0 Å². The van der Waals surface area contributed by atoms with E-state index in [9.17, 15) is 14.0 Å². The first-order valence-corrected chi connectivity index (χ1v) is 7.28. The molecule has 1 aromatic rings. The second kappa shape index (κ2) is 5.50. The van der Waals surface area contributed by atoms with Crippen LogP contribution in [0, 0.1) is 5.82 Å². The van der Waals surface area contributed by atoms with Crippen molar-refractivity contribution in [3.8, 4) is 0 Å². The average molecular weight is 347 g/mol. The SMILES string of the molecule is CC(=O)SC1CC(=O)N(c2cc(F)cc(Br)c2N)C1. The lowest BCUT2D eigenvalue weighted by atomic mass is 10.2. The van der Waals surface area contributed by atoms with Crippen molar-refractivity contribution < 1.29 is 14.0 Å². The van der Waals surface area contributed by atoms with Crippen LogP contribution in [0.5, 0.6) is 0 Å². The van der Waals surface area contributed by atoms with Gasteiger partial charge in [0.05, 0.1) is 11.4 Å². The van der Waals surface area contributed by atoms with Gasteiger partial charge in [0.2, 0.25) is 5.91 Å². The maximum absolute atomic E-state index is 13.4. The van der Waals surface area contributed by atoms with Gasteiger partial charge in [0.15, 0.2) is 5.12 Å². The zero-order valence-corrected chi connectivity index (χ0v) is 12.6. The molecule has 0 aliphatic carbocycles. The van der Waals surface area contributed by atoms with Gasteiger partial charge in [-0.2, -0.15) is 0 Å². The van der Waals surface area contributed by atoms with Crippen LogP contribution in [-0.4, -0.2) is 22.8 Å². The van der Waals surface area contributed by atoms with Crippen molar-refractivity contribution in [2.45, 2.75) is 18.6 Å². The first kappa shape index (κ1) is 14.3. The first-order chi connectivity index (χ1) is 8.88. The molecular formula is C12H12BrFN2O2S. The number of halogens is 2. The van der Waals surface area contributed by atoms with E-state index < -0.39 is 5.82 Å². The summed E-state index contributed by atoms with van der Waals surface area (Å²) in [6.07, 6.45) is 0.262. The topological polar surface area (TPSA) is 63.4 Å². The molecule has 102 valence electrons. The number of hydrogen-bond donors (Lipinski definition) is 1. The Kier molecular flexibility index (Phi) is 4.15. The quantitative estimate of drug-likeness (QED) is 0.836. The largest absolute Gasteiger partial charge is 0.396 e. The number of carbonyl (C=O) groups excluding carboxylic acids is 2. The number of amides is 1. The highest BCUT2D eigenvalue weighted by atomic mass is 79.9. The molecule has 1 atom stereocenters. The number of benzene rings is 1. The molecule has 0 saturated carbocycles. The lowest BCUT2D eigenvalue weighted by Gasteiger charge is -2.19. The summed E-state index contributed by atoms with van der Waals surface area (Å²) in [6.45, 7) is 1.83. The van der Waals surface area contributed by atoms with E-state index in [1.807, 2.05) is 0 Å². The van der Waals surface area contributed by atoms with E-state index in [0.717, 1.165) is 11.8 Å². The number of nitrogen functional groups attached to an aromatic ring is 1. The monoisotopic (exact) mass is 346 g/mol. The summed E-state index contributed by atoms with van der Waals surface area (Å²) in [5.41, 5.74) is 6.53.